The number of isocyanates is 1. The average Bonchev–Trinajstić information content (AvgIpc) is 1.83. The zero-order valence-electron chi connectivity index (χ0n) is 5.31. The van der Waals surface area contributed by atoms with E-state index >= 15 is 0 Å². The number of alkyl halides is 3. The van der Waals surface area contributed by atoms with Crippen molar-refractivity contribution in [1.82, 2.24) is 0 Å². The monoisotopic (exact) mass is 167 g/mol. The van der Waals surface area contributed by atoms with E-state index in [0.717, 1.165) is 6.08 Å². The minimum absolute atomic E-state index is 0.793. The van der Waals surface area contributed by atoms with Crippen LogP contribution >= 0.6 is 0 Å². The zero-order chi connectivity index (χ0) is 8.91. The smallest absolute Gasteiger partial charge is 0.272 e. The third-order valence-electron chi connectivity index (χ3n) is 0.793. The van der Waals surface area contributed by atoms with Gasteiger partial charge in [-0.15, -0.1) is 4.99 Å². The Morgan fingerprint density at radius 1 is 1.45 bits per heavy atom. The summed E-state index contributed by atoms with van der Waals surface area (Å²) < 4.78 is 34.1. The van der Waals surface area contributed by atoms with Crippen LogP contribution in [0.3, 0.4) is 0 Å². The van der Waals surface area contributed by atoms with Crippen molar-refractivity contribution < 1.29 is 22.8 Å². The van der Waals surface area contributed by atoms with Gasteiger partial charge in [0.15, 0.2) is 0 Å². The molecule has 0 heterocycles. The third kappa shape index (κ3) is 6.73. The molecule has 6 heteroatoms. The summed E-state index contributed by atoms with van der Waals surface area (Å²) in [5, 5.41) is 0. The first-order valence-electron chi connectivity index (χ1n) is 2.63. The van der Waals surface area contributed by atoms with Crippen molar-refractivity contribution in [2.24, 2.45) is 4.99 Å². The van der Waals surface area contributed by atoms with Crippen molar-refractivity contribution in [1.29, 1.82) is 0 Å². The number of nitrogens with zero attached hydrogens (tertiary/aromatic N) is 1. The Kier molecular flexibility index (Phi) is 3.47. The Morgan fingerprint density at radius 2 is 2.00 bits per heavy atom. The first kappa shape index (κ1) is 9.84. The maximum absolute atomic E-state index is 11.4. The average molecular weight is 167 g/mol. The van der Waals surface area contributed by atoms with Gasteiger partial charge in [0, 0.05) is 6.42 Å². The maximum atomic E-state index is 11.4. The minimum Gasteiger partial charge on any atom is -0.272 e. The van der Waals surface area contributed by atoms with Crippen LogP contribution in [0.15, 0.2) is 4.99 Å². The summed E-state index contributed by atoms with van der Waals surface area (Å²) >= 11 is 0. The lowest BCUT2D eigenvalue weighted by molar-refractivity contribution is -0.142. The van der Waals surface area contributed by atoms with Gasteiger partial charge in [-0.25, -0.2) is 4.79 Å². The Bertz CT molecular complexity index is 192. The second-order valence-corrected chi connectivity index (χ2v) is 1.71. The summed E-state index contributed by atoms with van der Waals surface area (Å²) in [5.74, 6) is -1.10. The lowest BCUT2D eigenvalue weighted by Crippen LogP contribution is -2.09. The van der Waals surface area contributed by atoms with E-state index in [4.69, 9.17) is 0 Å². The van der Waals surface area contributed by atoms with Gasteiger partial charge < -0.3 is 0 Å². The topological polar surface area (TPSA) is 46.5 Å². The van der Waals surface area contributed by atoms with Crippen LogP contribution in [0.4, 0.5) is 13.2 Å². The van der Waals surface area contributed by atoms with E-state index in [-0.39, 0.29) is 0 Å². The zero-order valence-corrected chi connectivity index (χ0v) is 5.31. The summed E-state index contributed by atoms with van der Waals surface area (Å²) in [6.45, 7) is 0. The van der Waals surface area contributed by atoms with Gasteiger partial charge in [0.2, 0.25) is 6.08 Å². The molecule has 0 unspecified atom stereocenters. The van der Waals surface area contributed by atoms with Crippen molar-refractivity contribution in [3.8, 4) is 0 Å². The van der Waals surface area contributed by atoms with E-state index in [1.165, 1.54) is 0 Å². The number of hydrogen-bond acceptors (Lipinski definition) is 2. The maximum Gasteiger partial charge on any atom is 0.389 e. The second kappa shape index (κ2) is 3.88. The molecule has 0 fully saturated rings. The van der Waals surface area contributed by atoms with Crippen molar-refractivity contribution in [3.63, 3.8) is 0 Å². The summed E-state index contributed by atoms with van der Waals surface area (Å²) in [6.07, 6.45) is -5.56. The molecule has 0 radical (unpaired) electrons. The van der Waals surface area contributed by atoms with E-state index in [9.17, 15) is 22.8 Å². The normalized spacial score (nSPS) is 10.5. The summed E-state index contributed by atoms with van der Waals surface area (Å²) in [4.78, 5) is 22.0. The van der Waals surface area contributed by atoms with Crippen LogP contribution in [0.1, 0.15) is 12.8 Å². The quantitative estimate of drug-likeness (QED) is 0.458. The number of amides is 1. The second-order valence-electron chi connectivity index (χ2n) is 1.71. The van der Waals surface area contributed by atoms with Crippen molar-refractivity contribution >= 4 is 12.0 Å². The molecule has 0 spiro atoms. The Balaban J connectivity index is 3.72. The molecular formula is C5H4F3NO2. The van der Waals surface area contributed by atoms with E-state index < -0.39 is 24.9 Å². The lowest BCUT2D eigenvalue weighted by Gasteiger charge is -2.01. The Hall–Kier alpha value is -1.16. The lowest BCUT2D eigenvalue weighted by atomic mass is 10.3. The SMILES string of the molecule is O=C=NC(=O)CCC(F)(F)F. The van der Waals surface area contributed by atoms with Crippen LogP contribution in [-0.2, 0) is 9.59 Å². The van der Waals surface area contributed by atoms with Gasteiger partial charge in [-0.05, 0) is 0 Å². The molecule has 0 bridgehead atoms. The first-order chi connectivity index (χ1) is 4.95. The van der Waals surface area contributed by atoms with Gasteiger partial charge in [-0.1, -0.05) is 0 Å². The molecule has 0 saturated heterocycles. The van der Waals surface area contributed by atoms with E-state index in [1.807, 2.05) is 0 Å². The number of hydrogen-bond donors (Lipinski definition) is 0. The van der Waals surface area contributed by atoms with Crippen LogP contribution in [-0.4, -0.2) is 18.2 Å². The van der Waals surface area contributed by atoms with Crippen molar-refractivity contribution in [3.05, 3.63) is 0 Å². The standard InChI is InChI=1S/C5H4F3NO2/c6-5(7,8)2-1-4(11)9-3-10/h1-2H2. The Morgan fingerprint density at radius 3 is 2.36 bits per heavy atom. The highest BCUT2D eigenvalue weighted by atomic mass is 19.4. The van der Waals surface area contributed by atoms with Crippen LogP contribution in [0, 0.1) is 0 Å². The van der Waals surface area contributed by atoms with Gasteiger partial charge in [0.25, 0.3) is 5.91 Å². The molecule has 1 amide bonds. The van der Waals surface area contributed by atoms with Crippen LogP contribution in [0.25, 0.3) is 0 Å². The number of carbonyl (C=O) groups excluding carboxylic acids is 2. The number of rotatable bonds is 2. The highest BCUT2D eigenvalue weighted by molar-refractivity contribution is 5.81. The van der Waals surface area contributed by atoms with E-state index in [0.29, 0.717) is 0 Å². The van der Waals surface area contributed by atoms with Gasteiger partial charge in [0.05, 0.1) is 6.42 Å². The predicted octanol–water partition coefficient (Wildman–Crippen LogP) is 1.19. The summed E-state index contributed by atoms with van der Waals surface area (Å²) in [5.41, 5.74) is 0. The van der Waals surface area contributed by atoms with Crippen molar-refractivity contribution in [2.45, 2.75) is 19.0 Å². The summed E-state index contributed by atoms with van der Waals surface area (Å²) in [6, 6.07) is 0. The minimum atomic E-state index is -4.38. The summed E-state index contributed by atoms with van der Waals surface area (Å²) in [7, 11) is 0. The van der Waals surface area contributed by atoms with Gasteiger partial charge >= 0.3 is 6.18 Å². The van der Waals surface area contributed by atoms with Gasteiger partial charge in [0.1, 0.15) is 0 Å². The molecule has 0 aliphatic heterocycles. The fourth-order valence-corrected chi connectivity index (χ4v) is 0.355. The molecule has 0 aromatic rings. The molecule has 3 nitrogen and oxygen atoms in total. The molecule has 0 aromatic carbocycles. The molecule has 0 aromatic heterocycles. The van der Waals surface area contributed by atoms with Crippen LogP contribution in [0.2, 0.25) is 0 Å². The fraction of sp³-hybridized carbons (Fsp3) is 0.600. The number of carbonyl (C=O) groups is 1. The highest BCUT2D eigenvalue weighted by Crippen LogP contribution is 2.21. The van der Waals surface area contributed by atoms with E-state index in [2.05, 4.69) is 4.99 Å². The highest BCUT2D eigenvalue weighted by Gasteiger charge is 2.27. The molecule has 11 heavy (non-hydrogen) atoms. The molecule has 0 atom stereocenters. The first-order valence-corrected chi connectivity index (χ1v) is 2.63. The number of aliphatic imine (C=N–C) groups is 1. The fourth-order valence-electron chi connectivity index (χ4n) is 0.355. The van der Waals surface area contributed by atoms with Gasteiger partial charge in [-0.3, -0.25) is 4.79 Å². The predicted molar refractivity (Wildman–Crippen MR) is 28.4 cm³/mol. The largest absolute Gasteiger partial charge is 0.389 e. The molecule has 0 N–H and O–H groups in total. The molecule has 62 valence electrons. The van der Waals surface area contributed by atoms with Crippen LogP contribution in [0.5, 0.6) is 0 Å². The number of halogens is 3. The Labute approximate surface area is 59.9 Å². The van der Waals surface area contributed by atoms with E-state index in [1.54, 1.807) is 0 Å². The molecule has 0 saturated carbocycles. The molecular weight excluding hydrogens is 163 g/mol. The molecule has 0 rings (SSSR count). The molecule has 0 aliphatic carbocycles. The van der Waals surface area contributed by atoms with Gasteiger partial charge in [-0.2, -0.15) is 13.2 Å². The van der Waals surface area contributed by atoms with Crippen molar-refractivity contribution in [2.75, 3.05) is 0 Å². The third-order valence-corrected chi connectivity index (χ3v) is 0.793. The molecule has 0 aliphatic rings. The van der Waals surface area contributed by atoms with Crippen LogP contribution < -0.4 is 0 Å².